The summed E-state index contributed by atoms with van der Waals surface area (Å²) in [5.41, 5.74) is -2.13. The maximum absolute atomic E-state index is 13.2. The van der Waals surface area contributed by atoms with Gasteiger partial charge in [0, 0.05) is 6.54 Å². The van der Waals surface area contributed by atoms with Crippen molar-refractivity contribution in [2.45, 2.75) is 45.1 Å². The highest BCUT2D eigenvalue weighted by Gasteiger charge is 2.44. The number of hydrogen-bond donors (Lipinski definition) is 2. The molecule has 0 aliphatic heterocycles. The van der Waals surface area contributed by atoms with E-state index in [0.717, 1.165) is 18.4 Å². The smallest absolute Gasteiger partial charge is 0.416 e. The number of sulfonamides is 1. The molecular weight excluding hydrogens is 516 g/mol. The summed E-state index contributed by atoms with van der Waals surface area (Å²) in [6, 6.07) is 3.43. The number of rotatable bonds is 14. The van der Waals surface area contributed by atoms with Gasteiger partial charge in [0.05, 0.1) is 37.5 Å². The van der Waals surface area contributed by atoms with E-state index in [1.165, 1.54) is 32.9 Å². The minimum Gasteiger partial charge on any atom is -0.464 e. The van der Waals surface area contributed by atoms with Gasteiger partial charge in [0.1, 0.15) is 6.61 Å². The van der Waals surface area contributed by atoms with Gasteiger partial charge >= 0.3 is 19.7 Å². The Morgan fingerprint density at radius 3 is 2.09 bits per heavy atom. The minimum absolute atomic E-state index is 0.0970. The second-order valence-electron chi connectivity index (χ2n) is 7.34. The molecule has 2 N–H and O–H groups in total. The van der Waals surface area contributed by atoms with Crippen molar-refractivity contribution in [3.63, 3.8) is 0 Å². The first-order valence-electron chi connectivity index (χ1n) is 10.6. The number of amides is 1. The molecule has 200 valence electrons. The number of carbonyl (C=O) groups is 2. The molecule has 0 radical (unpaired) electrons. The molecule has 0 fully saturated rings. The number of ether oxygens (including phenoxy) is 1. The lowest BCUT2D eigenvalue weighted by atomic mass is 10.1. The summed E-state index contributed by atoms with van der Waals surface area (Å²) in [6.07, 6.45) is -4.26. The standard InChI is InChI=1S/C20H30F3N2O8PS/c1-5-32-34(28,33-6-2)17(19(27)31-12-11-24-35(4,29)30)13-18(26)25-14(3)15-7-9-16(10-8-15)20(21,22)23/h7-10,14,17,24H,5-6,11-13H2,1-4H3,(H,25,26). The Morgan fingerprint density at radius 2 is 1.63 bits per heavy atom. The van der Waals surface area contributed by atoms with E-state index in [-0.39, 0.29) is 19.8 Å². The lowest BCUT2D eigenvalue weighted by Crippen LogP contribution is -2.36. The van der Waals surface area contributed by atoms with Gasteiger partial charge in [0.25, 0.3) is 0 Å². The predicted molar refractivity (Wildman–Crippen MR) is 121 cm³/mol. The van der Waals surface area contributed by atoms with Crippen molar-refractivity contribution in [3.05, 3.63) is 35.4 Å². The molecule has 2 atom stereocenters. The highest BCUT2D eigenvalue weighted by molar-refractivity contribution is 7.88. The molecule has 1 amide bonds. The third-order valence-electron chi connectivity index (χ3n) is 4.48. The van der Waals surface area contributed by atoms with Crippen LogP contribution >= 0.6 is 7.60 Å². The van der Waals surface area contributed by atoms with Gasteiger partial charge in [0.15, 0.2) is 5.66 Å². The van der Waals surface area contributed by atoms with Crippen LogP contribution in [0.1, 0.15) is 44.4 Å². The van der Waals surface area contributed by atoms with E-state index in [1.54, 1.807) is 0 Å². The molecule has 1 rings (SSSR count). The summed E-state index contributed by atoms with van der Waals surface area (Å²) in [5.74, 6) is -1.85. The van der Waals surface area contributed by atoms with E-state index in [9.17, 15) is 35.7 Å². The Labute approximate surface area is 202 Å². The van der Waals surface area contributed by atoms with E-state index in [4.69, 9.17) is 13.8 Å². The van der Waals surface area contributed by atoms with Crippen LogP contribution in [0.4, 0.5) is 13.2 Å². The Hall–Kier alpha value is -1.99. The lowest BCUT2D eigenvalue weighted by Gasteiger charge is -2.25. The first-order chi connectivity index (χ1) is 16.1. The Balaban J connectivity index is 2.97. The molecule has 0 aliphatic rings. The van der Waals surface area contributed by atoms with Gasteiger partial charge in [-0.15, -0.1) is 0 Å². The Bertz CT molecular complexity index is 993. The fourth-order valence-electron chi connectivity index (χ4n) is 2.90. The van der Waals surface area contributed by atoms with E-state index in [2.05, 4.69) is 10.0 Å². The number of carbonyl (C=O) groups excluding carboxylic acids is 2. The van der Waals surface area contributed by atoms with Crippen LogP contribution in [-0.4, -0.2) is 58.6 Å². The quantitative estimate of drug-likeness (QED) is 0.206. The van der Waals surface area contributed by atoms with Gasteiger partial charge < -0.3 is 19.1 Å². The normalized spacial score (nSPS) is 14.3. The molecule has 0 saturated heterocycles. The predicted octanol–water partition coefficient (Wildman–Crippen LogP) is 3.00. The zero-order chi connectivity index (χ0) is 26.9. The first kappa shape index (κ1) is 31.0. The van der Waals surface area contributed by atoms with Crippen LogP contribution in [0.3, 0.4) is 0 Å². The van der Waals surface area contributed by atoms with Crippen molar-refractivity contribution < 1.29 is 49.5 Å². The van der Waals surface area contributed by atoms with Gasteiger partial charge in [-0.3, -0.25) is 14.2 Å². The average Bonchev–Trinajstić information content (AvgIpc) is 2.74. The summed E-state index contributed by atoms with van der Waals surface area (Å²) in [7, 11) is -7.69. The number of alkyl halides is 3. The van der Waals surface area contributed by atoms with E-state index < -0.39 is 66.0 Å². The fourth-order valence-corrected chi connectivity index (χ4v) is 5.23. The highest BCUT2D eigenvalue weighted by atomic mass is 32.2. The molecule has 1 aromatic carbocycles. The van der Waals surface area contributed by atoms with Crippen LogP contribution < -0.4 is 10.0 Å². The maximum Gasteiger partial charge on any atom is 0.416 e. The van der Waals surface area contributed by atoms with Crippen molar-refractivity contribution in [3.8, 4) is 0 Å². The van der Waals surface area contributed by atoms with Crippen LogP contribution in [0.2, 0.25) is 0 Å². The highest BCUT2D eigenvalue weighted by Crippen LogP contribution is 2.54. The van der Waals surface area contributed by atoms with Crippen molar-refractivity contribution in [1.29, 1.82) is 0 Å². The number of nitrogens with one attached hydrogen (secondary N) is 2. The van der Waals surface area contributed by atoms with E-state index >= 15 is 0 Å². The Kier molecular flexibility index (Phi) is 11.8. The van der Waals surface area contributed by atoms with Crippen molar-refractivity contribution in [2.75, 3.05) is 32.6 Å². The van der Waals surface area contributed by atoms with Crippen LogP contribution in [0.25, 0.3) is 0 Å². The maximum atomic E-state index is 13.2. The third-order valence-corrected chi connectivity index (χ3v) is 7.60. The molecule has 0 saturated carbocycles. The molecule has 15 heteroatoms. The van der Waals surface area contributed by atoms with Gasteiger partial charge in [-0.05, 0) is 38.5 Å². The number of hydrogen-bond acceptors (Lipinski definition) is 8. The topological polar surface area (TPSA) is 137 Å². The van der Waals surface area contributed by atoms with Crippen molar-refractivity contribution in [2.24, 2.45) is 0 Å². The van der Waals surface area contributed by atoms with Gasteiger partial charge in [-0.2, -0.15) is 13.2 Å². The average molecular weight is 547 g/mol. The summed E-state index contributed by atoms with van der Waals surface area (Å²) in [4.78, 5) is 25.3. The molecule has 0 spiro atoms. The largest absolute Gasteiger partial charge is 0.464 e. The van der Waals surface area contributed by atoms with Crippen LogP contribution in [-0.2, 0) is 44.1 Å². The van der Waals surface area contributed by atoms with Crippen LogP contribution in [0, 0.1) is 0 Å². The summed E-state index contributed by atoms with van der Waals surface area (Å²) < 4.78 is 91.2. The molecule has 2 unspecified atom stereocenters. The van der Waals surface area contributed by atoms with Crippen LogP contribution in [0.15, 0.2) is 24.3 Å². The second-order valence-corrected chi connectivity index (χ2v) is 11.4. The molecule has 0 aliphatic carbocycles. The van der Waals surface area contributed by atoms with Gasteiger partial charge in [-0.1, -0.05) is 12.1 Å². The molecule has 1 aromatic rings. The molecule has 10 nitrogen and oxygen atoms in total. The molecular formula is C20H30F3N2O8PS. The summed E-state index contributed by atoms with van der Waals surface area (Å²) in [5, 5.41) is 2.53. The minimum atomic E-state index is -4.50. The number of benzene rings is 1. The molecule has 0 aromatic heterocycles. The monoisotopic (exact) mass is 546 g/mol. The second kappa shape index (κ2) is 13.4. The SMILES string of the molecule is CCOP(=O)(OCC)C(CC(=O)NC(C)c1ccc(C(F)(F)F)cc1)C(=O)OCCNS(C)(=O)=O. The zero-order valence-corrected chi connectivity index (χ0v) is 21.5. The zero-order valence-electron chi connectivity index (χ0n) is 19.8. The summed E-state index contributed by atoms with van der Waals surface area (Å²) in [6.45, 7) is 3.70. The van der Waals surface area contributed by atoms with Gasteiger partial charge in [0.2, 0.25) is 15.9 Å². The molecule has 0 bridgehead atoms. The molecule has 35 heavy (non-hydrogen) atoms. The van der Waals surface area contributed by atoms with E-state index in [1.807, 2.05) is 0 Å². The van der Waals surface area contributed by atoms with E-state index in [0.29, 0.717) is 5.56 Å². The van der Waals surface area contributed by atoms with Crippen LogP contribution in [0.5, 0.6) is 0 Å². The Morgan fingerprint density at radius 1 is 1.09 bits per heavy atom. The molecule has 0 heterocycles. The van der Waals surface area contributed by atoms with Gasteiger partial charge in [-0.25, -0.2) is 13.1 Å². The number of esters is 1. The lowest BCUT2D eigenvalue weighted by molar-refractivity contribution is -0.144. The first-order valence-corrected chi connectivity index (χ1v) is 14.1. The number of halogens is 3. The summed E-state index contributed by atoms with van der Waals surface area (Å²) >= 11 is 0. The van der Waals surface area contributed by atoms with Crippen molar-refractivity contribution >= 4 is 29.5 Å². The fraction of sp³-hybridized carbons (Fsp3) is 0.600. The third kappa shape index (κ3) is 10.7. The van der Waals surface area contributed by atoms with Crippen molar-refractivity contribution in [1.82, 2.24) is 10.0 Å².